The van der Waals surface area contributed by atoms with Gasteiger partial charge < -0.3 is 14.5 Å². The first-order valence-electron chi connectivity index (χ1n) is 9.66. The van der Waals surface area contributed by atoms with Gasteiger partial charge in [-0.3, -0.25) is 9.59 Å². The molecule has 3 rings (SSSR count). The third kappa shape index (κ3) is 5.03. The average molecular weight is 417 g/mol. The molecule has 2 heterocycles. The van der Waals surface area contributed by atoms with Crippen LogP contribution < -0.4 is 4.74 Å². The molecule has 1 aromatic carbocycles. The molecule has 29 heavy (non-hydrogen) atoms. The molecule has 7 heteroatoms. The van der Waals surface area contributed by atoms with Gasteiger partial charge in [0.05, 0.1) is 6.04 Å². The molecule has 0 radical (unpaired) electrons. The number of carbonyl (C=O) groups is 2. The highest BCUT2D eigenvalue weighted by atomic mass is 32.1. The highest BCUT2D eigenvalue weighted by molar-refractivity contribution is 7.10. The Morgan fingerprint density at radius 2 is 2.10 bits per heavy atom. The summed E-state index contributed by atoms with van der Waals surface area (Å²) in [5.74, 6) is 0.0363. The van der Waals surface area contributed by atoms with Crippen LogP contribution in [0.2, 0.25) is 0 Å². The van der Waals surface area contributed by atoms with Crippen LogP contribution in [0, 0.1) is 5.82 Å². The van der Waals surface area contributed by atoms with E-state index in [0.717, 1.165) is 12.0 Å². The van der Waals surface area contributed by atoms with Gasteiger partial charge in [0, 0.05) is 24.4 Å². The van der Waals surface area contributed by atoms with Crippen LogP contribution in [-0.2, 0) is 16.0 Å². The Morgan fingerprint density at radius 3 is 2.79 bits per heavy atom. The fraction of sp³-hybridized carbons (Fsp3) is 0.364. The van der Waals surface area contributed by atoms with Crippen molar-refractivity contribution >= 4 is 23.2 Å². The van der Waals surface area contributed by atoms with Gasteiger partial charge in [0.1, 0.15) is 24.7 Å². The van der Waals surface area contributed by atoms with Crippen molar-refractivity contribution in [1.29, 1.82) is 0 Å². The Balaban J connectivity index is 1.76. The Kier molecular flexibility index (Phi) is 7.04. The molecule has 0 aliphatic carbocycles. The van der Waals surface area contributed by atoms with Crippen LogP contribution >= 0.6 is 11.3 Å². The van der Waals surface area contributed by atoms with Crippen LogP contribution in [0.15, 0.2) is 48.4 Å². The highest BCUT2D eigenvalue weighted by Crippen LogP contribution is 2.34. The van der Waals surface area contributed by atoms with Gasteiger partial charge in [-0.05, 0) is 47.7 Å². The highest BCUT2D eigenvalue weighted by Gasteiger charge is 2.33. The minimum atomic E-state index is -0.324. The molecule has 0 N–H and O–H groups in total. The predicted octanol–water partition coefficient (Wildman–Crippen LogP) is 3.82. The summed E-state index contributed by atoms with van der Waals surface area (Å²) >= 11 is 1.68. The molecule has 2 amide bonds. The van der Waals surface area contributed by atoms with Crippen molar-refractivity contribution in [2.45, 2.75) is 25.8 Å². The normalized spacial score (nSPS) is 15.5. The largest absolute Gasteiger partial charge is 0.491 e. The molecule has 1 aliphatic heterocycles. The lowest BCUT2D eigenvalue weighted by atomic mass is 10.0. The second-order valence-electron chi connectivity index (χ2n) is 6.83. The number of fused-ring (bicyclic) bond motifs is 1. The molecule has 0 fully saturated rings. The summed E-state index contributed by atoms with van der Waals surface area (Å²) in [6, 6.07) is 7.62. The van der Waals surface area contributed by atoms with E-state index in [1.807, 2.05) is 11.4 Å². The quantitative estimate of drug-likeness (QED) is 0.615. The fourth-order valence-corrected chi connectivity index (χ4v) is 4.40. The van der Waals surface area contributed by atoms with Gasteiger partial charge in [-0.25, -0.2) is 4.39 Å². The zero-order valence-electron chi connectivity index (χ0n) is 16.5. The third-order valence-electron chi connectivity index (χ3n) is 4.97. The van der Waals surface area contributed by atoms with Gasteiger partial charge in [-0.2, -0.15) is 0 Å². The van der Waals surface area contributed by atoms with Gasteiger partial charge in [-0.15, -0.1) is 17.9 Å². The molecular weight excluding hydrogens is 391 g/mol. The predicted molar refractivity (Wildman–Crippen MR) is 111 cm³/mol. The minimum Gasteiger partial charge on any atom is -0.491 e. The molecule has 154 valence electrons. The molecule has 0 saturated heterocycles. The summed E-state index contributed by atoms with van der Waals surface area (Å²) < 4.78 is 19.0. The van der Waals surface area contributed by atoms with Gasteiger partial charge in [-0.1, -0.05) is 13.0 Å². The molecule has 0 unspecified atom stereocenters. The minimum absolute atomic E-state index is 0.0191. The van der Waals surface area contributed by atoms with Crippen LogP contribution in [0.25, 0.3) is 0 Å². The lowest BCUT2D eigenvalue weighted by Crippen LogP contribution is -2.47. The first-order valence-corrected chi connectivity index (χ1v) is 10.5. The van der Waals surface area contributed by atoms with Gasteiger partial charge in [0.15, 0.2) is 0 Å². The zero-order valence-corrected chi connectivity index (χ0v) is 17.3. The number of amides is 2. The monoisotopic (exact) mass is 416 g/mol. The maximum absolute atomic E-state index is 13.1. The summed E-state index contributed by atoms with van der Waals surface area (Å²) in [6.07, 6.45) is 2.75. The lowest BCUT2D eigenvalue weighted by Gasteiger charge is -2.37. The molecule has 1 aromatic heterocycles. The first kappa shape index (κ1) is 21.0. The maximum atomic E-state index is 13.1. The topological polar surface area (TPSA) is 49.9 Å². The zero-order chi connectivity index (χ0) is 20.8. The third-order valence-corrected chi connectivity index (χ3v) is 5.96. The summed E-state index contributed by atoms with van der Waals surface area (Å²) in [4.78, 5) is 29.8. The Labute approximate surface area is 174 Å². The van der Waals surface area contributed by atoms with E-state index < -0.39 is 0 Å². The fourth-order valence-electron chi connectivity index (χ4n) is 3.47. The van der Waals surface area contributed by atoms with Crippen LogP contribution in [-0.4, -0.2) is 47.9 Å². The molecule has 1 aliphatic rings. The smallest absolute Gasteiger partial charge is 0.242 e. The SMILES string of the molecule is C=CCN(CC(=O)N1CCc2sccc2[C@H]1COc1ccc(F)cc1)C(=O)CC. The molecule has 0 spiro atoms. The van der Waals surface area contributed by atoms with Crippen molar-refractivity contribution in [3.8, 4) is 5.75 Å². The van der Waals surface area contributed by atoms with Crippen LogP contribution in [0.5, 0.6) is 5.75 Å². The summed E-state index contributed by atoms with van der Waals surface area (Å²) in [6.45, 7) is 6.66. The number of halogens is 1. The number of carbonyl (C=O) groups excluding carboxylic acids is 2. The Morgan fingerprint density at radius 1 is 1.34 bits per heavy atom. The van der Waals surface area contributed by atoms with Crippen molar-refractivity contribution < 1.29 is 18.7 Å². The number of hydrogen-bond donors (Lipinski definition) is 0. The van der Waals surface area contributed by atoms with E-state index in [2.05, 4.69) is 6.58 Å². The number of thiophene rings is 1. The number of hydrogen-bond acceptors (Lipinski definition) is 4. The van der Waals surface area contributed by atoms with Crippen LogP contribution in [0.3, 0.4) is 0 Å². The van der Waals surface area contributed by atoms with E-state index in [1.54, 1.807) is 41.4 Å². The molecule has 0 bridgehead atoms. The second-order valence-corrected chi connectivity index (χ2v) is 7.83. The first-order chi connectivity index (χ1) is 14.0. The molecular formula is C22H25FN2O3S. The summed E-state index contributed by atoms with van der Waals surface area (Å²) in [5, 5.41) is 2.02. The van der Waals surface area contributed by atoms with Crippen molar-refractivity contribution in [1.82, 2.24) is 9.80 Å². The molecule has 1 atom stereocenters. The standard InChI is InChI=1S/C22H25FN2O3S/c1-3-11-24(21(26)4-2)14-22(27)25-12-9-20-18(10-13-29-20)19(25)15-28-17-7-5-16(23)6-8-17/h3,5-8,10,13,19H,1,4,9,11-12,14-15H2,2H3/t19-/m1/s1. The lowest BCUT2D eigenvalue weighted by molar-refractivity contribution is -0.142. The van der Waals surface area contributed by atoms with E-state index >= 15 is 0 Å². The van der Waals surface area contributed by atoms with E-state index in [1.165, 1.54) is 21.9 Å². The molecule has 5 nitrogen and oxygen atoms in total. The van der Waals surface area contributed by atoms with E-state index in [9.17, 15) is 14.0 Å². The Bertz CT molecular complexity index is 865. The number of nitrogens with zero attached hydrogens (tertiary/aromatic N) is 2. The number of rotatable bonds is 8. The van der Waals surface area contributed by atoms with E-state index in [4.69, 9.17) is 4.74 Å². The van der Waals surface area contributed by atoms with Gasteiger partial charge in [0.25, 0.3) is 0 Å². The molecule has 0 saturated carbocycles. The second kappa shape index (κ2) is 9.69. The van der Waals surface area contributed by atoms with Crippen molar-refractivity contribution in [3.05, 3.63) is 64.6 Å². The van der Waals surface area contributed by atoms with Crippen molar-refractivity contribution in [2.75, 3.05) is 26.2 Å². The summed E-state index contributed by atoms with van der Waals surface area (Å²) in [5.41, 5.74) is 1.08. The van der Waals surface area contributed by atoms with Gasteiger partial charge >= 0.3 is 0 Å². The van der Waals surface area contributed by atoms with Crippen LogP contribution in [0.4, 0.5) is 4.39 Å². The average Bonchev–Trinajstić information content (AvgIpc) is 3.21. The number of benzene rings is 1. The Hall–Kier alpha value is -2.67. The van der Waals surface area contributed by atoms with Crippen molar-refractivity contribution in [2.24, 2.45) is 0 Å². The van der Waals surface area contributed by atoms with Crippen molar-refractivity contribution in [3.63, 3.8) is 0 Å². The van der Waals surface area contributed by atoms with Crippen LogP contribution in [0.1, 0.15) is 29.8 Å². The maximum Gasteiger partial charge on any atom is 0.242 e. The number of ether oxygens (including phenoxy) is 1. The molecule has 2 aromatic rings. The van der Waals surface area contributed by atoms with Gasteiger partial charge in [0.2, 0.25) is 11.8 Å². The van der Waals surface area contributed by atoms with E-state index in [0.29, 0.717) is 25.3 Å². The van der Waals surface area contributed by atoms with E-state index in [-0.39, 0.29) is 36.8 Å². The summed E-state index contributed by atoms with van der Waals surface area (Å²) in [7, 11) is 0.